The lowest BCUT2D eigenvalue weighted by Crippen LogP contribution is -2.58. The number of amides is 4. The molecule has 4 rings (SSSR count). The van der Waals surface area contributed by atoms with E-state index in [9.17, 15) is 18.8 Å². The number of likely N-dealkylation sites (tertiary alicyclic amines) is 1. The van der Waals surface area contributed by atoms with Crippen molar-refractivity contribution in [3.05, 3.63) is 64.9 Å². The van der Waals surface area contributed by atoms with Crippen molar-refractivity contribution in [2.75, 3.05) is 25.0 Å². The first-order valence-electron chi connectivity index (χ1n) is 10.0. The third kappa shape index (κ3) is 4.55. The molecule has 2 aliphatic heterocycles. The molecule has 2 heterocycles. The third-order valence-corrected chi connectivity index (χ3v) is 5.86. The Kier molecular flexibility index (Phi) is 5.93. The van der Waals surface area contributed by atoms with E-state index in [1.807, 2.05) is 30.3 Å². The summed E-state index contributed by atoms with van der Waals surface area (Å²) in [6, 6.07) is 13.1. The highest BCUT2D eigenvalue weighted by Gasteiger charge is 2.53. The Balaban J connectivity index is 1.41. The molecular formula is C22H22ClFN4O3. The van der Waals surface area contributed by atoms with Crippen LogP contribution in [-0.2, 0) is 16.1 Å². The largest absolute Gasteiger partial charge is 0.325 e. The number of anilines is 1. The van der Waals surface area contributed by atoms with Crippen molar-refractivity contribution in [3.63, 3.8) is 0 Å². The van der Waals surface area contributed by atoms with Gasteiger partial charge in [-0.15, -0.1) is 0 Å². The lowest BCUT2D eigenvalue weighted by atomic mass is 9.88. The number of carbonyl (C=O) groups excluding carboxylic acids is 3. The van der Waals surface area contributed by atoms with Crippen molar-refractivity contribution in [1.29, 1.82) is 0 Å². The Hall–Kier alpha value is -2.97. The molecule has 0 aliphatic carbocycles. The second kappa shape index (κ2) is 8.64. The van der Waals surface area contributed by atoms with Crippen molar-refractivity contribution >= 4 is 35.1 Å². The number of carbonyl (C=O) groups is 3. The van der Waals surface area contributed by atoms with Gasteiger partial charge >= 0.3 is 6.03 Å². The van der Waals surface area contributed by atoms with Gasteiger partial charge < -0.3 is 10.6 Å². The molecular weight excluding hydrogens is 423 g/mol. The highest BCUT2D eigenvalue weighted by molar-refractivity contribution is 6.31. The number of hydrogen-bond donors (Lipinski definition) is 2. The van der Waals surface area contributed by atoms with E-state index < -0.39 is 35.7 Å². The zero-order valence-corrected chi connectivity index (χ0v) is 17.5. The molecule has 2 aromatic rings. The molecule has 162 valence electrons. The van der Waals surface area contributed by atoms with Gasteiger partial charge in [0.15, 0.2) is 0 Å². The molecule has 4 amide bonds. The van der Waals surface area contributed by atoms with Crippen LogP contribution in [0.15, 0.2) is 48.5 Å². The minimum atomic E-state index is -1.02. The molecule has 0 aromatic heterocycles. The fourth-order valence-electron chi connectivity index (χ4n) is 4.14. The molecule has 1 unspecified atom stereocenters. The van der Waals surface area contributed by atoms with E-state index in [2.05, 4.69) is 15.5 Å². The molecule has 31 heavy (non-hydrogen) atoms. The number of nitrogens with one attached hydrogen (secondary N) is 2. The normalized spacial score (nSPS) is 21.4. The minimum Gasteiger partial charge on any atom is -0.324 e. The van der Waals surface area contributed by atoms with E-state index in [0.717, 1.165) is 29.5 Å². The number of hydrogen-bond acceptors (Lipinski definition) is 4. The maximum absolute atomic E-state index is 13.3. The van der Waals surface area contributed by atoms with Gasteiger partial charge in [0, 0.05) is 18.8 Å². The van der Waals surface area contributed by atoms with Crippen molar-refractivity contribution in [1.82, 2.24) is 15.1 Å². The van der Waals surface area contributed by atoms with Gasteiger partial charge in [-0.25, -0.2) is 9.18 Å². The number of piperidine rings is 1. The van der Waals surface area contributed by atoms with Gasteiger partial charge in [0.25, 0.3) is 5.91 Å². The quantitative estimate of drug-likeness (QED) is 0.695. The van der Waals surface area contributed by atoms with Gasteiger partial charge in [-0.3, -0.25) is 19.4 Å². The lowest BCUT2D eigenvalue weighted by molar-refractivity contribution is -0.135. The molecule has 1 spiro atoms. The summed E-state index contributed by atoms with van der Waals surface area (Å²) in [5.74, 6) is -1.57. The van der Waals surface area contributed by atoms with Gasteiger partial charge in [0.2, 0.25) is 5.91 Å². The van der Waals surface area contributed by atoms with Gasteiger partial charge in [-0.1, -0.05) is 41.9 Å². The van der Waals surface area contributed by atoms with Crippen LogP contribution in [0.2, 0.25) is 5.02 Å². The molecule has 9 heteroatoms. The molecule has 0 bridgehead atoms. The summed E-state index contributed by atoms with van der Waals surface area (Å²) >= 11 is 5.72. The van der Waals surface area contributed by atoms with E-state index in [4.69, 9.17) is 11.6 Å². The first kappa shape index (κ1) is 21.3. The zero-order chi connectivity index (χ0) is 22.0. The lowest BCUT2D eigenvalue weighted by Gasteiger charge is -2.38. The fourth-order valence-corrected chi connectivity index (χ4v) is 4.32. The molecule has 2 aliphatic rings. The average molecular weight is 445 g/mol. The average Bonchev–Trinajstić information content (AvgIpc) is 2.95. The molecule has 1 atom stereocenters. The highest BCUT2D eigenvalue weighted by Crippen LogP contribution is 2.29. The maximum Gasteiger partial charge on any atom is 0.325 e. The van der Waals surface area contributed by atoms with Crippen LogP contribution in [0.25, 0.3) is 0 Å². The zero-order valence-electron chi connectivity index (χ0n) is 16.7. The number of nitrogens with zero attached hydrogens (tertiary/aromatic N) is 2. The summed E-state index contributed by atoms with van der Waals surface area (Å²) in [7, 11) is 0. The Morgan fingerprint density at radius 1 is 1.19 bits per heavy atom. The number of urea groups is 1. The van der Waals surface area contributed by atoms with E-state index in [1.54, 1.807) is 0 Å². The molecule has 0 radical (unpaired) electrons. The number of imide groups is 1. The number of rotatable bonds is 5. The van der Waals surface area contributed by atoms with Crippen LogP contribution in [0.4, 0.5) is 14.9 Å². The predicted octanol–water partition coefficient (Wildman–Crippen LogP) is 3.00. The van der Waals surface area contributed by atoms with E-state index >= 15 is 0 Å². The minimum absolute atomic E-state index is 0.132. The Morgan fingerprint density at radius 2 is 1.97 bits per heavy atom. The van der Waals surface area contributed by atoms with Crippen molar-refractivity contribution in [2.24, 2.45) is 0 Å². The first-order valence-corrected chi connectivity index (χ1v) is 10.4. The predicted molar refractivity (Wildman–Crippen MR) is 114 cm³/mol. The molecule has 2 saturated heterocycles. The summed E-state index contributed by atoms with van der Waals surface area (Å²) in [6.45, 7) is 1.46. The monoisotopic (exact) mass is 444 g/mol. The standard InChI is InChI=1S/C22H22ClFN4O3/c23-17-11-16(7-8-18(17)24)25-19(29)13-28-20(30)22(26-21(28)31)9-4-10-27(14-22)12-15-5-2-1-3-6-15/h1-3,5-8,11H,4,9-10,12-14H2,(H,25,29)(H,26,31). The third-order valence-electron chi connectivity index (χ3n) is 5.57. The number of halogens is 2. The van der Waals surface area contributed by atoms with Crippen LogP contribution in [-0.4, -0.2) is 52.8 Å². The van der Waals surface area contributed by atoms with E-state index in [1.165, 1.54) is 12.1 Å². The van der Waals surface area contributed by atoms with E-state index in [0.29, 0.717) is 19.5 Å². The summed E-state index contributed by atoms with van der Waals surface area (Å²) in [5, 5.41) is 5.22. The first-order chi connectivity index (χ1) is 14.9. The Morgan fingerprint density at radius 3 is 2.71 bits per heavy atom. The molecule has 2 aromatic carbocycles. The van der Waals surface area contributed by atoms with Gasteiger partial charge in [-0.05, 0) is 43.1 Å². The molecule has 2 fully saturated rings. The number of benzene rings is 2. The molecule has 7 nitrogen and oxygen atoms in total. The molecule has 0 saturated carbocycles. The van der Waals surface area contributed by atoms with Crippen LogP contribution in [0.1, 0.15) is 18.4 Å². The summed E-state index contributed by atoms with van der Waals surface area (Å²) in [6.07, 6.45) is 1.28. The van der Waals surface area contributed by atoms with Gasteiger partial charge in [0.05, 0.1) is 5.02 Å². The van der Waals surface area contributed by atoms with Crippen LogP contribution in [0.5, 0.6) is 0 Å². The Bertz CT molecular complexity index is 1020. The van der Waals surface area contributed by atoms with Crippen molar-refractivity contribution in [2.45, 2.75) is 24.9 Å². The smallest absolute Gasteiger partial charge is 0.324 e. The maximum atomic E-state index is 13.3. The van der Waals surface area contributed by atoms with Crippen molar-refractivity contribution in [3.8, 4) is 0 Å². The van der Waals surface area contributed by atoms with Gasteiger partial charge in [0.1, 0.15) is 17.9 Å². The van der Waals surface area contributed by atoms with Crippen LogP contribution < -0.4 is 10.6 Å². The molecule has 2 N–H and O–H groups in total. The van der Waals surface area contributed by atoms with E-state index in [-0.39, 0.29) is 10.7 Å². The SMILES string of the molecule is O=C(CN1C(=O)NC2(CCCN(Cc3ccccc3)C2)C1=O)Nc1ccc(F)c(Cl)c1. The summed E-state index contributed by atoms with van der Waals surface area (Å²) in [4.78, 5) is 41.2. The fraction of sp³-hybridized carbons (Fsp3) is 0.318. The van der Waals surface area contributed by atoms with Crippen LogP contribution in [0, 0.1) is 5.82 Å². The highest BCUT2D eigenvalue weighted by atomic mass is 35.5. The second-order valence-electron chi connectivity index (χ2n) is 7.88. The van der Waals surface area contributed by atoms with Crippen LogP contribution in [0.3, 0.4) is 0 Å². The Labute approximate surface area is 184 Å². The summed E-state index contributed by atoms with van der Waals surface area (Å²) < 4.78 is 13.3. The van der Waals surface area contributed by atoms with Gasteiger partial charge in [-0.2, -0.15) is 0 Å². The topological polar surface area (TPSA) is 81.8 Å². The summed E-state index contributed by atoms with van der Waals surface area (Å²) in [5.41, 5.74) is 0.388. The second-order valence-corrected chi connectivity index (χ2v) is 8.29. The van der Waals surface area contributed by atoms with Crippen molar-refractivity contribution < 1.29 is 18.8 Å². The van der Waals surface area contributed by atoms with Crippen LogP contribution >= 0.6 is 11.6 Å².